The van der Waals surface area contributed by atoms with Crippen LogP contribution in [0.2, 0.25) is 0 Å². The number of rotatable bonds is 7. The highest BCUT2D eigenvalue weighted by Crippen LogP contribution is 2.23. The van der Waals surface area contributed by atoms with E-state index in [-0.39, 0.29) is 22.5 Å². The second-order valence-corrected chi connectivity index (χ2v) is 8.84. The smallest absolute Gasteiger partial charge is 0.266 e. The van der Waals surface area contributed by atoms with Crippen molar-refractivity contribution in [1.29, 1.82) is 0 Å². The van der Waals surface area contributed by atoms with E-state index in [0.29, 0.717) is 29.9 Å². The number of hydrogen-bond donors (Lipinski definition) is 2. The first-order valence-electron chi connectivity index (χ1n) is 10.9. The fourth-order valence-electron chi connectivity index (χ4n) is 3.94. The molecule has 5 aromatic rings. The molecule has 0 aliphatic rings. The number of thioether (sulfide) groups is 1. The minimum Gasteiger partial charge on any atom is -0.361 e. The molecular weight excluding hydrogens is 470 g/mol. The van der Waals surface area contributed by atoms with Crippen molar-refractivity contribution in [2.75, 3.05) is 12.3 Å². The van der Waals surface area contributed by atoms with Crippen LogP contribution >= 0.6 is 11.8 Å². The van der Waals surface area contributed by atoms with Gasteiger partial charge in [0, 0.05) is 29.7 Å². The zero-order valence-corrected chi connectivity index (χ0v) is 19.2. The lowest BCUT2D eigenvalue weighted by Gasteiger charge is -2.14. The SMILES string of the molecule is O=C(CSc1nc2ccccc2c(=O)n1-c1ccc(F)cc1F)NCCc1c[nH]c2ccccc12. The number of nitrogens with zero attached hydrogens (tertiary/aromatic N) is 2. The molecule has 9 heteroatoms. The second kappa shape index (κ2) is 9.71. The van der Waals surface area contributed by atoms with Crippen LogP contribution in [0.4, 0.5) is 8.78 Å². The Morgan fingerprint density at radius 2 is 1.80 bits per heavy atom. The maximum absolute atomic E-state index is 14.6. The fraction of sp³-hybridized carbons (Fsp3) is 0.115. The van der Waals surface area contributed by atoms with Gasteiger partial charge in [0.15, 0.2) is 5.16 Å². The number of carbonyl (C=O) groups excluding carboxylic acids is 1. The minimum absolute atomic E-state index is 0.0263. The molecule has 0 bridgehead atoms. The van der Waals surface area contributed by atoms with Crippen molar-refractivity contribution in [1.82, 2.24) is 19.9 Å². The van der Waals surface area contributed by atoms with E-state index in [1.165, 1.54) is 6.07 Å². The van der Waals surface area contributed by atoms with Crippen LogP contribution in [0.1, 0.15) is 5.56 Å². The van der Waals surface area contributed by atoms with Gasteiger partial charge in [-0.1, -0.05) is 42.1 Å². The van der Waals surface area contributed by atoms with Crippen LogP contribution in [0.25, 0.3) is 27.5 Å². The molecule has 35 heavy (non-hydrogen) atoms. The van der Waals surface area contributed by atoms with Crippen LogP contribution in [-0.4, -0.2) is 32.7 Å². The van der Waals surface area contributed by atoms with E-state index in [1.54, 1.807) is 24.3 Å². The summed E-state index contributed by atoms with van der Waals surface area (Å²) in [5.41, 5.74) is 1.95. The summed E-state index contributed by atoms with van der Waals surface area (Å²) in [4.78, 5) is 33.4. The third-order valence-corrected chi connectivity index (χ3v) is 6.56. The van der Waals surface area contributed by atoms with Gasteiger partial charge in [0.1, 0.15) is 11.6 Å². The molecule has 2 N–H and O–H groups in total. The minimum atomic E-state index is -0.894. The molecule has 0 spiro atoms. The van der Waals surface area contributed by atoms with Crippen molar-refractivity contribution in [3.63, 3.8) is 0 Å². The topological polar surface area (TPSA) is 79.8 Å². The first-order chi connectivity index (χ1) is 17.0. The first kappa shape index (κ1) is 22.8. The number of nitrogens with one attached hydrogen (secondary N) is 2. The van der Waals surface area contributed by atoms with Crippen molar-refractivity contribution in [2.24, 2.45) is 0 Å². The van der Waals surface area contributed by atoms with Gasteiger partial charge in [-0.15, -0.1) is 0 Å². The number of hydrogen-bond acceptors (Lipinski definition) is 4. The lowest BCUT2D eigenvalue weighted by atomic mass is 10.1. The largest absolute Gasteiger partial charge is 0.361 e. The van der Waals surface area contributed by atoms with Crippen molar-refractivity contribution in [3.05, 3.63) is 100 Å². The third-order valence-electron chi connectivity index (χ3n) is 5.62. The Hall–Kier alpha value is -3.98. The lowest BCUT2D eigenvalue weighted by molar-refractivity contribution is -0.118. The van der Waals surface area contributed by atoms with Crippen molar-refractivity contribution in [3.8, 4) is 5.69 Å². The molecule has 0 saturated heterocycles. The van der Waals surface area contributed by atoms with Gasteiger partial charge in [-0.2, -0.15) is 0 Å². The van der Waals surface area contributed by atoms with Gasteiger partial charge >= 0.3 is 0 Å². The summed E-state index contributed by atoms with van der Waals surface area (Å²) in [5, 5.41) is 4.43. The van der Waals surface area contributed by atoms with Gasteiger partial charge in [-0.25, -0.2) is 13.8 Å². The summed E-state index contributed by atoms with van der Waals surface area (Å²) in [5.74, 6) is -1.92. The number of benzene rings is 3. The van der Waals surface area contributed by atoms with E-state index in [0.717, 1.165) is 38.9 Å². The molecule has 176 valence electrons. The highest BCUT2D eigenvalue weighted by molar-refractivity contribution is 7.99. The molecule has 0 unspecified atom stereocenters. The maximum Gasteiger partial charge on any atom is 0.266 e. The summed E-state index contributed by atoms with van der Waals surface area (Å²) in [7, 11) is 0. The Balaban J connectivity index is 1.34. The van der Waals surface area contributed by atoms with Crippen molar-refractivity contribution in [2.45, 2.75) is 11.6 Å². The monoisotopic (exact) mass is 490 g/mol. The average molecular weight is 491 g/mol. The molecule has 0 radical (unpaired) electrons. The number of aromatic nitrogens is 3. The van der Waals surface area contributed by atoms with E-state index in [4.69, 9.17) is 0 Å². The number of halogens is 2. The molecule has 0 atom stereocenters. The number of fused-ring (bicyclic) bond motifs is 2. The second-order valence-electron chi connectivity index (χ2n) is 7.90. The Morgan fingerprint density at radius 1 is 1.03 bits per heavy atom. The Kier molecular flexibility index (Phi) is 6.33. The van der Waals surface area contributed by atoms with Crippen LogP contribution in [0.5, 0.6) is 0 Å². The summed E-state index contributed by atoms with van der Waals surface area (Å²) in [6, 6.07) is 17.6. The average Bonchev–Trinajstić information content (AvgIpc) is 3.27. The molecule has 2 aromatic heterocycles. The molecule has 1 amide bonds. The van der Waals surface area contributed by atoms with Gasteiger partial charge in [0.25, 0.3) is 5.56 Å². The van der Waals surface area contributed by atoms with Crippen LogP contribution in [0.3, 0.4) is 0 Å². The molecule has 0 aliphatic heterocycles. The highest BCUT2D eigenvalue weighted by atomic mass is 32.2. The van der Waals surface area contributed by atoms with Gasteiger partial charge in [-0.05, 0) is 42.3 Å². The predicted octanol–water partition coefficient (Wildman–Crippen LogP) is 4.60. The van der Waals surface area contributed by atoms with Crippen LogP contribution in [0, 0.1) is 11.6 Å². The Bertz CT molecular complexity index is 1610. The molecule has 3 aromatic carbocycles. The van der Waals surface area contributed by atoms with Gasteiger partial charge in [0.05, 0.1) is 22.3 Å². The standard InChI is InChI=1S/C26H20F2N4O2S/c27-17-9-10-23(20(28)13-17)32-25(34)19-6-2-4-8-22(19)31-26(32)35-15-24(33)29-12-11-16-14-30-21-7-3-1-5-18(16)21/h1-10,13-14,30H,11-12,15H2,(H,29,33). The summed E-state index contributed by atoms with van der Waals surface area (Å²) in [6.45, 7) is 0.436. The first-order valence-corrected chi connectivity index (χ1v) is 11.9. The normalized spacial score (nSPS) is 11.3. The van der Waals surface area contributed by atoms with Gasteiger partial charge in [-0.3, -0.25) is 14.2 Å². The van der Waals surface area contributed by atoms with Crippen LogP contribution in [-0.2, 0) is 11.2 Å². The third kappa shape index (κ3) is 4.67. The van der Waals surface area contributed by atoms with E-state index >= 15 is 0 Å². The van der Waals surface area contributed by atoms with Gasteiger partial charge < -0.3 is 10.3 Å². The predicted molar refractivity (Wildman–Crippen MR) is 133 cm³/mol. The van der Waals surface area contributed by atoms with E-state index in [9.17, 15) is 18.4 Å². The molecule has 0 fully saturated rings. The lowest BCUT2D eigenvalue weighted by Crippen LogP contribution is -2.28. The van der Waals surface area contributed by atoms with Gasteiger partial charge in [0.2, 0.25) is 5.91 Å². The molecule has 0 saturated carbocycles. The van der Waals surface area contributed by atoms with Crippen molar-refractivity contribution >= 4 is 39.5 Å². The molecule has 6 nitrogen and oxygen atoms in total. The quantitative estimate of drug-likeness (QED) is 0.258. The molecule has 5 rings (SSSR count). The fourth-order valence-corrected chi connectivity index (χ4v) is 4.78. The molecule has 0 aliphatic carbocycles. The van der Waals surface area contributed by atoms with Crippen LogP contribution < -0.4 is 10.9 Å². The van der Waals surface area contributed by atoms with E-state index in [1.807, 2.05) is 30.5 Å². The number of aromatic amines is 1. The maximum atomic E-state index is 14.6. The number of amides is 1. The highest BCUT2D eigenvalue weighted by Gasteiger charge is 2.17. The number of carbonyl (C=O) groups is 1. The number of H-pyrrole nitrogens is 1. The van der Waals surface area contributed by atoms with Crippen molar-refractivity contribution < 1.29 is 13.6 Å². The summed E-state index contributed by atoms with van der Waals surface area (Å²) < 4.78 is 29.1. The molecule has 2 heterocycles. The number of para-hydroxylation sites is 2. The van der Waals surface area contributed by atoms with E-state index < -0.39 is 17.2 Å². The zero-order valence-electron chi connectivity index (χ0n) is 18.4. The Morgan fingerprint density at radius 3 is 2.63 bits per heavy atom. The summed E-state index contributed by atoms with van der Waals surface area (Å²) in [6.07, 6.45) is 2.58. The molecular formula is C26H20F2N4O2S. The van der Waals surface area contributed by atoms with E-state index in [2.05, 4.69) is 15.3 Å². The Labute approximate surface area is 203 Å². The summed E-state index contributed by atoms with van der Waals surface area (Å²) >= 11 is 1.02. The van der Waals surface area contributed by atoms with Crippen LogP contribution in [0.15, 0.2) is 82.9 Å². The zero-order chi connectivity index (χ0) is 24.4.